The molecule has 45 heavy (non-hydrogen) atoms. The molecule has 0 spiro atoms. The molecule has 2 heterocycles. The molecule has 1 aliphatic rings. The maximum atomic E-state index is 14.3. The van der Waals surface area contributed by atoms with E-state index in [1.165, 1.54) is 24.2 Å². The number of carbonyl (C=O) groups excluding carboxylic acids is 1. The van der Waals surface area contributed by atoms with Crippen LogP contribution >= 0.6 is 0 Å². The molecule has 0 radical (unpaired) electrons. The number of aryl methyl sites for hydroxylation is 1. The van der Waals surface area contributed by atoms with E-state index in [0.717, 1.165) is 25.8 Å². The molecule has 0 saturated carbocycles. The van der Waals surface area contributed by atoms with E-state index in [1.807, 2.05) is 25.1 Å². The van der Waals surface area contributed by atoms with Crippen LogP contribution in [0.2, 0.25) is 0 Å². The van der Waals surface area contributed by atoms with E-state index in [0.29, 0.717) is 25.4 Å². The van der Waals surface area contributed by atoms with Crippen molar-refractivity contribution in [2.75, 3.05) is 38.1 Å². The Balaban J connectivity index is 1.64. The Morgan fingerprint density at radius 3 is 2.60 bits per heavy atom. The van der Waals surface area contributed by atoms with Crippen LogP contribution < -0.4 is 9.46 Å². The van der Waals surface area contributed by atoms with Crippen molar-refractivity contribution in [3.8, 4) is 5.75 Å². The van der Waals surface area contributed by atoms with E-state index >= 15 is 0 Å². The van der Waals surface area contributed by atoms with E-state index in [1.54, 1.807) is 35.6 Å². The maximum Gasteiger partial charge on any atom is 0.280 e. The second-order valence-corrected chi connectivity index (χ2v) is 13.8. The van der Waals surface area contributed by atoms with Gasteiger partial charge in [0, 0.05) is 51.1 Å². The number of aliphatic hydroxyl groups excluding tert-OH is 1. The lowest BCUT2D eigenvalue weighted by Crippen LogP contribution is -2.47. The van der Waals surface area contributed by atoms with Crippen molar-refractivity contribution in [2.24, 2.45) is 13.0 Å². The number of hydrogen-bond donors (Lipinski definition) is 2. The van der Waals surface area contributed by atoms with Crippen LogP contribution in [0.25, 0.3) is 0 Å². The van der Waals surface area contributed by atoms with Crippen LogP contribution in [0.15, 0.2) is 66.1 Å². The van der Waals surface area contributed by atoms with Crippen molar-refractivity contribution in [1.82, 2.24) is 19.4 Å². The summed E-state index contributed by atoms with van der Waals surface area (Å²) in [6, 6.07) is 14.5. The normalized spacial score (nSPS) is 21.1. The second-order valence-electron chi connectivity index (χ2n) is 12.2. The SMILES string of the molecule is C[C@@H]1CCCCO[C@H](CN(C)Cc2ccccc2)[C@H](C)CN([C@H](C)CO)C(=O)c2cc(NS(=O)(=O)c3cn(C)cn3)ccc2O1. The zero-order valence-electron chi connectivity index (χ0n) is 26.9. The van der Waals surface area contributed by atoms with Gasteiger partial charge in [-0.25, -0.2) is 4.98 Å². The van der Waals surface area contributed by atoms with Gasteiger partial charge in [-0.15, -0.1) is 0 Å². The van der Waals surface area contributed by atoms with E-state index in [4.69, 9.17) is 9.47 Å². The van der Waals surface area contributed by atoms with E-state index < -0.39 is 16.1 Å². The minimum atomic E-state index is -3.99. The fourth-order valence-electron chi connectivity index (χ4n) is 5.45. The Kier molecular flexibility index (Phi) is 12.0. The highest BCUT2D eigenvalue weighted by atomic mass is 32.2. The summed E-state index contributed by atoms with van der Waals surface area (Å²) in [5.74, 6) is -0.0697. The summed E-state index contributed by atoms with van der Waals surface area (Å²) in [7, 11) is -0.239. The monoisotopic (exact) mass is 641 g/mol. The standard InChI is InChI=1S/C33H47N5O6S/c1-24-18-38(25(2)22-39)33(40)29-17-28(35-45(41,42)32-21-37(5)23-34-32)14-15-30(29)44-26(3)11-9-10-16-43-31(24)20-36(4)19-27-12-7-6-8-13-27/h6-8,12-15,17,21,23-26,31,35,39H,9-11,16,18-20,22H2,1-5H3/t24-,25-,26-,31-/m1/s1. The maximum absolute atomic E-state index is 14.3. The molecule has 2 N–H and O–H groups in total. The number of aliphatic hydroxyl groups is 1. The number of amides is 1. The van der Waals surface area contributed by atoms with Crippen LogP contribution in [0.4, 0.5) is 5.69 Å². The molecule has 4 rings (SSSR count). The highest BCUT2D eigenvalue weighted by Gasteiger charge is 2.31. The molecule has 0 saturated heterocycles. The predicted molar refractivity (Wildman–Crippen MR) is 174 cm³/mol. The number of benzene rings is 2. The molecule has 246 valence electrons. The minimum Gasteiger partial charge on any atom is -0.490 e. The zero-order valence-corrected chi connectivity index (χ0v) is 27.7. The average Bonchev–Trinajstić information content (AvgIpc) is 3.46. The van der Waals surface area contributed by atoms with Crippen molar-refractivity contribution < 1.29 is 27.8 Å². The molecule has 1 aromatic heterocycles. The van der Waals surface area contributed by atoms with E-state index in [2.05, 4.69) is 40.7 Å². The van der Waals surface area contributed by atoms with Gasteiger partial charge in [-0.3, -0.25) is 14.4 Å². The van der Waals surface area contributed by atoms with Gasteiger partial charge in [-0.05, 0) is 63.9 Å². The number of carbonyl (C=O) groups is 1. The Morgan fingerprint density at radius 1 is 1.16 bits per heavy atom. The molecule has 3 aromatic rings. The molecule has 0 aliphatic carbocycles. The Labute approximate surface area is 267 Å². The third kappa shape index (κ3) is 9.52. The summed E-state index contributed by atoms with van der Waals surface area (Å²) >= 11 is 0. The molecule has 1 amide bonds. The van der Waals surface area contributed by atoms with Crippen LogP contribution in [-0.4, -0.2) is 90.4 Å². The van der Waals surface area contributed by atoms with Crippen molar-refractivity contribution in [1.29, 1.82) is 0 Å². The second kappa shape index (κ2) is 15.7. The fourth-order valence-corrected chi connectivity index (χ4v) is 6.48. The third-order valence-corrected chi connectivity index (χ3v) is 9.31. The predicted octanol–water partition coefficient (Wildman–Crippen LogP) is 4.15. The van der Waals surface area contributed by atoms with Gasteiger partial charge in [0.05, 0.1) is 36.7 Å². The molecule has 0 bridgehead atoms. The van der Waals surface area contributed by atoms with Gasteiger partial charge in [0.15, 0.2) is 5.03 Å². The van der Waals surface area contributed by atoms with Crippen LogP contribution in [0.5, 0.6) is 5.75 Å². The number of nitrogens with zero attached hydrogens (tertiary/aromatic N) is 4. The Morgan fingerprint density at radius 2 is 1.91 bits per heavy atom. The highest BCUT2D eigenvalue weighted by molar-refractivity contribution is 7.92. The topological polar surface area (TPSA) is 126 Å². The smallest absolute Gasteiger partial charge is 0.280 e. The molecule has 4 atom stereocenters. The molecule has 12 heteroatoms. The minimum absolute atomic E-state index is 0.0711. The van der Waals surface area contributed by atoms with E-state index in [-0.39, 0.29) is 46.9 Å². The number of nitrogens with one attached hydrogen (secondary N) is 1. The van der Waals surface area contributed by atoms with Gasteiger partial charge in [0.1, 0.15) is 5.75 Å². The number of imidazole rings is 1. The summed E-state index contributed by atoms with van der Waals surface area (Å²) in [6.45, 7) is 7.93. The summed E-state index contributed by atoms with van der Waals surface area (Å²) in [5.41, 5.74) is 1.63. The number of likely N-dealkylation sites (N-methyl/N-ethyl adjacent to an activating group) is 1. The summed E-state index contributed by atoms with van der Waals surface area (Å²) < 4.78 is 42.9. The first-order chi connectivity index (χ1) is 21.5. The first-order valence-electron chi connectivity index (χ1n) is 15.5. The van der Waals surface area contributed by atoms with Crippen LogP contribution in [0, 0.1) is 5.92 Å². The van der Waals surface area contributed by atoms with Crippen molar-refractivity contribution in [3.63, 3.8) is 0 Å². The van der Waals surface area contributed by atoms with Crippen molar-refractivity contribution in [2.45, 2.75) is 69.9 Å². The molecular formula is C33H47N5O6S. The van der Waals surface area contributed by atoms with Crippen molar-refractivity contribution >= 4 is 21.6 Å². The zero-order chi connectivity index (χ0) is 32.6. The summed E-state index contributed by atoms with van der Waals surface area (Å²) in [6.07, 6.45) is 4.98. The van der Waals surface area contributed by atoms with Gasteiger partial charge in [-0.2, -0.15) is 8.42 Å². The van der Waals surface area contributed by atoms with Gasteiger partial charge in [-0.1, -0.05) is 37.3 Å². The highest BCUT2D eigenvalue weighted by Crippen LogP contribution is 2.29. The fraction of sp³-hybridized carbons (Fsp3) is 0.515. The van der Waals surface area contributed by atoms with Gasteiger partial charge in [0.2, 0.25) is 0 Å². The number of sulfonamides is 1. The summed E-state index contributed by atoms with van der Waals surface area (Å²) in [5, 5.41) is 10.1. The quantitative estimate of drug-likeness (QED) is 0.357. The molecule has 0 unspecified atom stereocenters. The Bertz CT molecular complexity index is 1500. The third-order valence-electron chi connectivity index (χ3n) is 8.05. The van der Waals surface area contributed by atoms with Crippen LogP contribution in [-0.2, 0) is 28.4 Å². The molecule has 2 aromatic carbocycles. The van der Waals surface area contributed by atoms with Gasteiger partial charge in [0.25, 0.3) is 15.9 Å². The van der Waals surface area contributed by atoms with Crippen LogP contribution in [0.1, 0.15) is 56.0 Å². The lowest BCUT2D eigenvalue weighted by atomic mass is 10.0. The van der Waals surface area contributed by atoms with Gasteiger partial charge >= 0.3 is 0 Å². The molecular weight excluding hydrogens is 594 g/mol. The molecule has 0 fully saturated rings. The largest absolute Gasteiger partial charge is 0.490 e. The number of rotatable bonds is 9. The number of aromatic nitrogens is 2. The number of hydrogen-bond acceptors (Lipinski definition) is 8. The lowest BCUT2D eigenvalue weighted by molar-refractivity contribution is -0.0177. The summed E-state index contributed by atoms with van der Waals surface area (Å²) in [4.78, 5) is 22.1. The average molecular weight is 642 g/mol. The number of fused-ring (bicyclic) bond motifs is 1. The number of anilines is 1. The molecule has 1 aliphatic heterocycles. The molecule has 11 nitrogen and oxygen atoms in total. The van der Waals surface area contributed by atoms with Gasteiger partial charge < -0.3 is 24.0 Å². The first kappa shape index (κ1) is 34.4. The first-order valence-corrected chi connectivity index (χ1v) is 17.0. The number of ether oxygens (including phenoxy) is 2. The Hall–Kier alpha value is -3.45. The lowest BCUT2D eigenvalue weighted by Gasteiger charge is -2.36. The van der Waals surface area contributed by atoms with Crippen molar-refractivity contribution in [3.05, 3.63) is 72.2 Å². The van der Waals surface area contributed by atoms with E-state index in [9.17, 15) is 18.3 Å². The van der Waals surface area contributed by atoms with Crippen LogP contribution in [0.3, 0.4) is 0 Å².